The monoisotopic (exact) mass is 491 g/mol. The Kier molecular flexibility index (Phi) is 5.48. The fraction of sp³-hybridized carbons (Fsp3) is 0.259. The largest absolute Gasteiger partial charge is 0.497 e. The Morgan fingerprint density at radius 3 is 2.47 bits per heavy atom. The third-order valence-corrected chi connectivity index (χ3v) is 7.42. The first-order valence-electron chi connectivity index (χ1n) is 10.7. The van der Waals surface area contributed by atoms with Crippen molar-refractivity contribution >= 4 is 21.5 Å². The van der Waals surface area contributed by atoms with Crippen LogP contribution in [0, 0.1) is 0 Å². The molecule has 2 aliphatic rings. The van der Waals surface area contributed by atoms with E-state index in [1.165, 1.54) is 22.3 Å². The van der Waals surface area contributed by atoms with Gasteiger partial charge in [-0.25, -0.2) is 0 Å². The highest BCUT2D eigenvalue weighted by molar-refractivity contribution is 9.10. The van der Waals surface area contributed by atoms with E-state index in [0.717, 1.165) is 40.3 Å². The van der Waals surface area contributed by atoms with Gasteiger partial charge in [-0.2, -0.15) is 0 Å². The first-order chi connectivity index (χ1) is 15.6. The molecule has 1 heterocycles. The molecule has 32 heavy (non-hydrogen) atoms. The van der Waals surface area contributed by atoms with Gasteiger partial charge in [0.2, 0.25) is 0 Å². The number of nitrogens with one attached hydrogen (secondary N) is 1. The molecule has 0 fully saturated rings. The molecule has 0 saturated carbocycles. The van der Waals surface area contributed by atoms with Crippen LogP contribution in [0.3, 0.4) is 0 Å². The Bertz CT molecular complexity index is 1210. The van der Waals surface area contributed by atoms with Crippen LogP contribution in [-0.4, -0.2) is 33.9 Å². The molecule has 3 aromatic carbocycles. The molecule has 5 heteroatoms. The van der Waals surface area contributed by atoms with Crippen LogP contribution in [-0.2, 0) is 11.8 Å². The van der Waals surface area contributed by atoms with Gasteiger partial charge in [-0.05, 0) is 65.1 Å². The number of hydrogen-bond donors (Lipinski definition) is 1. The Balaban J connectivity index is 1.80. The van der Waals surface area contributed by atoms with Crippen LogP contribution >= 0.6 is 15.9 Å². The smallest absolute Gasteiger partial charge is 0.123 e. The van der Waals surface area contributed by atoms with Crippen LogP contribution in [0.1, 0.15) is 22.3 Å². The van der Waals surface area contributed by atoms with E-state index in [1.54, 1.807) is 21.3 Å². The lowest BCUT2D eigenvalue weighted by atomic mass is 9.69. The van der Waals surface area contributed by atoms with Crippen LogP contribution in [0.4, 0.5) is 0 Å². The van der Waals surface area contributed by atoms with E-state index in [-0.39, 0.29) is 11.5 Å². The van der Waals surface area contributed by atoms with E-state index in [0.29, 0.717) is 0 Å². The second kappa shape index (κ2) is 8.30. The molecule has 0 radical (unpaired) electrons. The van der Waals surface area contributed by atoms with E-state index in [9.17, 15) is 0 Å². The minimum Gasteiger partial charge on any atom is -0.497 e. The van der Waals surface area contributed by atoms with Gasteiger partial charge in [0.15, 0.2) is 0 Å². The van der Waals surface area contributed by atoms with E-state index in [1.807, 2.05) is 18.2 Å². The fourth-order valence-corrected chi connectivity index (χ4v) is 5.77. The molecule has 5 rings (SSSR count). The van der Waals surface area contributed by atoms with Gasteiger partial charge in [-0.3, -0.25) is 0 Å². The van der Waals surface area contributed by atoms with Crippen molar-refractivity contribution in [3.63, 3.8) is 0 Å². The Morgan fingerprint density at radius 1 is 0.906 bits per heavy atom. The van der Waals surface area contributed by atoms with Crippen LogP contribution in [0.25, 0.3) is 5.57 Å². The normalized spacial score (nSPS) is 21.4. The summed E-state index contributed by atoms with van der Waals surface area (Å²) >= 11 is 3.76. The van der Waals surface area contributed by atoms with Gasteiger partial charge in [-0.1, -0.05) is 46.3 Å². The maximum absolute atomic E-state index is 5.89. The van der Waals surface area contributed by atoms with Gasteiger partial charge in [-0.15, -0.1) is 0 Å². The summed E-state index contributed by atoms with van der Waals surface area (Å²) in [6.45, 7) is 0.776. The van der Waals surface area contributed by atoms with Crippen molar-refractivity contribution < 1.29 is 14.2 Å². The molecule has 1 N–H and O–H groups in total. The van der Waals surface area contributed by atoms with Gasteiger partial charge in [0.05, 0.1) is 26.7 Å². The molecule has 0 unspecified atom stereocenters. The minimum absolute atomic E-state index is 0.217. The number of hydrogen-bond acceptors (Lipinski definition) is 4. The Morgan fingerprint density at radius 2 is 1.69 bits per heavy atom. The molecule has 0 aromatic heterocycles. The molecule has 1 aliphatic heterocycles. The SMILES string of the molecule is COc1cccc([C@@]23C=C(c4cc(OC)ccc4Br)CN[C@@H]2Cc2cccc(OC)c23)c1. The minimum atomic E-state index is -0.382. The van der Waals surface area contributed by atoms with Crippen molar-refractivity contribution in [1.29, 1.82) is 0 Å². The predicted molar refractivity (Wildman–Crippen MR) is 131 cm³/mol. The van der Waals surface area contributed by atoms with Gasteiger partial charge in [0.25, 0.3) is 0 Å². The summed E-state index contributed by atoms with van der Waals surface area (Å²) < 4.78 is 18.1. The third kappa shape index (κ3) is 3.23. The quantitative estimate of drug-likeness (QED) is 0.520. The molecular weight excluding hydrogens is 466 g/mol. The molecule has 2 atom stereocenters. The second-order valence-electron chi connectivity index (χ2n) is 8.25. The highest BCUT2D eigenvalue weighted by Gasteiger charge is 2.50. The average molecular weight is 492 g/mol. The van der Waals surface area contributed by atoms with Crippen molar-refractivity contribution in [2.45, 2.75) is 17.9 Å². The molecule has 164 valence electrons. The number of halogens is 1. The van der Waals surface area contributed by atoms with Crippen molar-refractivity contribution in [2.24, 2.45) is 0 Å². The van der Waals surface area contributed by atoms with Crippen molar-refractivity contribution in [1.82, 2.24) is 5.32 Å². The topological polar surface area (TPSA) is 39.7 Å². The zero-order valence-corrected chi connectivity index (χ0v) is 20.0. The predicted octanol–water partition coefficient (Wildman–Crippen LogP) is 5.37. The van der Waals surface area contributed by atoms with Gasteiger partial charge in [0, 0.05) is 22.6 Å². The Labute approximate surface area is 197 Å². The van der Waals surface area contributed by atoms with Crippen LogP contribution in [0.5, 0.6) is 17.2 Å². The van der Waals surface area contributed by atoms with Crippen LogP contribution in [0.2, 0.25) is 0 Å². The first-order valence-corrected chi connectivity index (χ1v) is 11.5. The number of benzene rings is 3. The average Bonchev–Trinajstić information content (AvgIpc) is 3.19. The van der Waals surface area contributed by atoms with Gasteiger partial charge < -0.3 is 19.5 Å². The van der Waals surface area contributed by atoms with Crippen LogP contribution < -0.4 is 19.5 Å². The number of methoxy groups -OCH3 is 3. The second-order valence-corrected chi connectivity index (χ2v) is 9.10. The van der Waals surface area contributed by atoms with Gasteiger partial charge in [0.1, 0.15) is 17.2 Å². The molecule has 0 saturated heterocycles. The maximum atomic E-state index is 5.89. The third-order valence-electron chi connectivity index (χ3n) is 6.73. The lowest BCUT2D eigenvalue weighted by molar-refractivity contribution is 0.383. The van der Waals surface area contributed by atoms with Crippen molar-refractivity contribution in [2.75, 3.05) is 27.9 Å². The summed E-state index contributed by atoms with van der Waals surface area (Å²) in [6, 6.07) is 21.1. The van der Waals surface area contributed by atoms with Crippen molar-refractivity contribution in [3.8, 4) is 17.2 Å². The highest BCUT2D eigenvalue weighted by atomic mass is 79.9. The number of ether oxygens (including phenoxy) is 3. The summed E-state index contributed by atoms with van der Waals surface area (Å²) in [4.78, 5) is 0. The summed E-state index contributed by atoms with van der Waals surface area (Å²) in [7, 11) is 5.17. The van der Waals surface area contributed by atoms with E-state index < -0.39 is 0 Å². The van der Waals surface area contributed by atoms with E-state index in [2.05, 4.69) is 69.8 Å². The lowest BCUT2D eigenvalue weighted by Gasteiger charge is -2.40. The first kappa shape index (κ1) is 21.1. The number of fused-ring (bicyclic) bond motifs is 3. The van der Waals surface area contributed by atoms with E-state index in [4.69, 9.17) is 14.2 Å². The zero-order chi connectivity index (χ0) is 22.3. The molecule has 0 amide bonds. The molecule has 0 bridgehead atoms. The summed E-state index contributed by atoms with van der Waals surface area (Å²) in [5, 5.41) is 3.84. The van der Waals surface area contributed by atoms with Crippen molar-refractivity contribution in [3.05, 3.63) is 93.5 Å². The summed E-state index contributed by atoms with van der Waals surface area (Å²) in [6.07, 6.45) is 3.36. The van der Waals surface area contributed by atoms with E-state index >= 15 is 0 Å². The Hall–Kier alpha value is -2.76. The molecule has 3 aromatic rings. The van der Waals surface area contributed by atoms with Crippen LogP contribution in [0.15, 0.2) is 71.2 Å². The zero-order valence-electron chi connectivity index (χ0n) is 18.4. The van der Waals surface area contributed by atoms with Gasteiger partial charge >= 0.3 is 0 Å². The summed E-state index contributed by atoms with van der Waals surface area (Å²) in [5.41, 5.74) is 5.69. The standard InChI is InChI=1S/C27H26BrNO3/c1-30-20-8-5-7-19(13-20)27-15-18(22-14-21(31-2)10-11-23(22)28)16-29-25(27)12-17-6-4-9-24(32-3)26(17)27/h4-11,13-15,25,29H,12,16H2,1-3H3/t25-,27+/m1/s1. The molecule has 0 spiro atoms. The number of rotatable bonds is 5. The molecular formula is C27H26BrNO3. The molecule has 1 aliphatic carbocycles. The highest BCUT2D eigenvalue weighted by Crippen LogP contribution is 2.52. The summed E-state index contributed by atoms with van der Waals surface area (Å²) in [5.74, 6) is 2.60. The lowest BCUT2D eigenvalue weighted by Crippen LogP contribution is -2.49. The maximum Gasteiger partial charge on any atom is 0.123 e. The molecule has 4 nitrogen and oxygen atoms in total. The fourth-order valence-electron chi connectivity index (χ4n) is 5.27.